The van der Waals surface area contributed by atoms with Crippen LogP contribution in [0, 0.1) is 0 Å². The van der Waals surface area contributed by atoms with Crippen LogP contribution >= 0.6 is 0 Å². The molecule has 1 unspecified atom stereocenters. The van der Waals surface area contributed by atoms with Crippen LogP contribution in [-0.2, 0) is 6.54 Å². The third kappa shape index (κ3) is 7.90. The van der Waals surface area contributed by atoms with Crippen molar-refractivity contribution in [3.05, 3.63) is 59.7 Å². The predicted molar refractivity (Wildman–Crippen MR) is 104 cm³/mol. The summed E-state index contributed by atoms with van der Waals surface area (Å²) in [5.41, 5.74) is 1.41. The highest BCUT2D eigenvalue weighted by Gasteiger charge is 2.31. The van der Waals surface area contributed by atoms with Crippen molar-refractivity contribution >= 4 is 5.96 Å². The second kappa shape index (κ2) is 10.6. The molecule has 2 rings (SSSR count). The number of guanidine groups is 1. The van der Waals surface area contributed by atoms with Crippen molar-refractivity contribution in [1.82, 2.24) is 10.6 Å². The molecule has 0 aromatic heterocycles. The molecule has 2 aromatic carbocycles. The number of aliphatic hydroxyl groups is 1. The number of ether oxygens (including phenoxy) is 2. The summed E-state index contributed by atoms with van der Waals surface area (Å²) >= 11 is 0. The smallest absolute Gasteiger partial charge is 0.497 e. The zero-order valence-electron chi connectivity index (χ0n) is 16.2. The first-order valence-corrected chi connectivity index (χ1v) is 8.99. The molecule has 0 aliphatic rings. The number of aliphatic hydroxyl groups excluding tert-OH is 1. The summed E-state index contributed by atoms with van der Waals surface area (Å²) in [6, 6.07) is 12.6. The van der Waals surface area contributed by atoms with Crippen LogP contribution in [0.2, 0.25) is 0 Å². The number of hydrogen-bond donors (Lipinski definition) is 3. The van der Waals surface area contributed by atoms with Crippen molar-refractivity contribution in [2.45, 2.75) is 25.9 Å². The van der Waals surface area contributed by atoms with Gasteiger partial charge < -0.3 is 25.2 Å². The number of methoxy groups -OCH3 is 1. The van der Waals surface area contributed by atoms with Crippen LogP contribution in [0.5, 0.6) is 11.5 Å². The summed E-state index contributed by atoms with van der Waals surface area (Å²) in [4.78, 5) is 4.46. The van der Waals surface area contributed by atoms with E-state index >= 15 is 0 Å². The molecular formula is C20H24F3N3O3. The van der Waals surface area contributed by atoms with Gasteiger partial charge in [0.05, 0.1) is 19.8 Å². The average molecular weight is 411 g/mol. The van der Waals surface area contributed by atoms with Gasteiger partial charge in [0.25, 0.3) is 0 Å². The minimum Gasteiger partial charge on any atom is -0.497 e. The first-order chi connectivity index (χ1) is 13.8. The van der Waals surface area contributed by atoms with E-state index in [1.165, 1.54) is 12.1 Å². The third-order valence-electron chi connectivity index (χ3n) is 3.86. The van der Waals surface area contributed by atoms with Gasteiger partial charge in [-0.15, -0.1) is 13.2 Å². The molecule has 2 aromatic rings. The predicted octanol–water partition coefficient (Wildman–Crippen LogP) is 3.38. The van der Waals surface area contributed by atoms with Crippen molar-refractivity contribution in [2.75, 3.05) is 20.2 Å². The SMILES string of the molecule is CCNC(=NCc1cccc(OC)c1)NCC(O)c1ccc(OC(F)(F)F)cc1. The first kappa shape index (κ1) is 22.4. The highest BCUT2D eigenvalue weighted by atomic mass is 19.4. The van der Waals surface area contributed by atoms with Crippen molar-refractivity contribution in [2.24, 2.45) is 4.99 Å². The molecule has 0 saturated heterocycles. The molecule has 3 N–H and O–H groups in total. The zero-order valence-corrected chi connectivity index (χ0v) is 16.2. The van der Waals surface area contributed by atoms with E-state index in [1.807, 2.05) is 31.2 Å². The highest BCUT2D eigenvalue weighted by molar-refractivity contribution is 5.79. The zero-order chi connectivity index (χ0) is 21.3. The molecule has 0 aliphatic heterocycles. The van der Waals surface area contributed by atoms with E-state index in [-0.39, 0.29) is 12.3 Å². The maximum Gasteiger partial charge on any atom is 0.573 e. The summed E-state index contributed by atoms with van der Waals surface area (Å²) in [5.74, 6) is 0.907. The number of nitrogens with zero attached hydrogens (tertiary/aromatic N) is 1. The Labute approximate surface area is 167 Å². The van der Waals surface area contributed by atoms with E-state index in [9.17, 15) is 18.3 Å². The van der Waals surface area contributed by atoms with E-state index in [1.54, 1.807) is 7.11 Å². The highest BCUT2D eigenvalue weighted by Crippen LogP contribution is 2.24. The van der Waals surface area contributed by atoms with Gasteiger partial charge in [-0.2, -0.15) is 0 Å². The molecule has 0 amide bonds. The summed E-state index contributed by atoms with van der Waals surface area (Å²) < 4.78 is 45.6. The molecule has 0 spiro atoms. The van der Waals surface area contributed by atoms with Gasteiger partial charge in [0, 0.05) is 13.1 Å². The quantitative estimate of drug-likeness (QED) is 0.459. The number of aliphatic imine (C=N–C) groups is 1. The Kier molecular flexibility index (Phi) is 8.14. The van der Waals surface area contributed by atoms with E-state index < -0.39 is 12.5 Å². The van der Waals surface area contributed by atoms with Crippen molar-refractivity contribution in [3.63, 3.8) is 0 Å². The maximum atomic E-state index is 12.2. The summed E-state index contributed by atoms with van der Waals surface area (Å²) in [6.07, 6.45) is -5.68. The van der Waals surface area contributed by atoms with Gasteiger partial charge in [-0.25, -0.2) is 4.99 Å². The Hall–Kier alpha value is -2.94. The Morgan fingerprint density at radius 2 is 1.83 bits per heavy atom. The van der Waals surface area contributed by atoms with Crippen molar-refractivity contribution in [1.29, 1.82) is 0 Å². The lowest BCUT2D eigenvalue weighted by Gasteiger charge is -2.16. The standard InChI is InChI=1S/C20H24F3N3O3/c1-3-24-19(25-12-14-5-4-6-17(11-14)28-2)26-13-18(27)15-7-9-16(10-8-15)29-20(21,22)23/h4-11,18,27H,3,12-13H2,1-2H3,(H2,24,25,26). The molecule has 1 atom stereocenters. The molecule has 6 nitrogen and oxygen atoms in total. The molecular weight excluding hydrogens is 387 g/mol. The molecule has 29 heavy (non-hydrogen) atoms. The molecule has 9 heteroatoms. The van der Waals surface area contributed by atoms with E-state index in [0.29, 0.717) is 24.6 Å². The number of halogens is 3. The van der Waals surface area contributed by atoms with Crippen LogP contribution in [0.3, 0.4) is 0 Å². The lowest BCUT2D eigenvalue weighted by Crippen LogP contribution is -2.39. The third-order valence-corrected chi connectivity index (χ3v) is 3.86. The lowest BCUT2D eigenvalue weighted by molar-refractivity contribution is -0.274. The van der Waals surface area contributed by atoms with Gasteiger partial charge in [0.1, 0.15) is 11.5 Å². The Balaban J connectivity index is 1.94. The van der Waals surface area contributed by atoms with Gasteiger partial charge in [-0.05, 0) is 42.3 Å². The Morgan fingerprint density at radius 3 is 2.45 bits per heavy atom. The molecule has 158 valence electrons. The molecule has 0 fully saturated rings. The van der Waals surface area contributed by atoms with Gasteiger partial charge >= 0.3 is 6.36 Å². The fraction of sp³-hybridized carbons (Fsp3) is 0.350. The number of rotatable bonds is 8. The van der Waals surface area contributed by atoms with E-state index in [4.69, 9.17) is 4.74 Å². The minimum absolute atomic E-state index is 0.128. The molecule has 0 aliphatic carbocycles. The Morgan fingerprint density at radius 1 is 1.10 bits per heavy atom. The maximum absolute atomic E-state index is 12.2. The number of benzene rings is 2. The second-order valence-corrected chi connectivity index (χ2v) is 6.06. The average Bonchev–Trinajstić information content (AvgIpc) is 2.69. The van der Waals surface area contributed by atoms with Crippen molar-refractivity contribution in [3.8, 4) is 11.5 Å². The van der Waals surface area contributed by atoms with Crippen LogP contribution in [0.25, 0.3) is 0 Å². The van der Waals surface area contributed by atoms with Gasteiger partial charge in [0.2, 0.25) is 0 Å². The molecule has 0 bridgehead atoms. The lowest BCUT2D eigenvalue weighted by atomic mass is 10.1. The molecule has 0 saturated carbocycles. The van der Waals surface area contributed by atoms with Crippen LogP contribution in [0.4, 0.5) is 13.2 Å². The largest absolute Gasteiger partial charge is 0.573 e. The monoisotopic (exact) mass is 411 g/mol. The normalized spacial score (nSPS) is 13.0. The number of alkyl halides is 3. The summed E-state index contributed by atoms with van der Waals surface area (Å²) in [5, 5.41) is 16.4. The van der Waals surface area contributed by atoms with Crippen LogP contribution < -0.4 is 20.1 Å². The van der Waals surface area contributed by atoms with Crippen LogP contribution in [-0.4, -0.2) is 37.6 Å². The summed E-state index contributed by atoms with van der Waals surface area (Å²) in [7, 11) is 1.59. The first-order valence-electron chi connectivity index (χ1n) is 8.99. The fourth-order valence-electron chi connectivity index (χ4n) is 2.49. The molecule has 0 heterocycles. The minimum atomic E-state index is -4.75. The van der Waals surface area contributed by atoms with Crippen LogP contribution in [0.15, 0.2) is 53.5 Å². The Bertz CT molecular complexity index is 796. The summed E-state index contributed by atoms with van der Waals surface area (Å²) in [6.45, 7) is 3.08. The van der Waals surface area contributed by atoms with Crippen LogP contribution in [0.1, 0.15) is 24.2 Å². The molecule has 0 radical (unpaired) electrons. The second-order valence-electron chi connectivity index (χ2n) is 6.06. The number of nitrogens with one attached hydrogen (secondary N) is 2. The van der Waals surface area contributed by atoms with Gasteiger partial charge in [-0.3, -0.25) is 0 Å². The number of hydrogen-bond acceptors (Lipinski definition) is 4. The fourth-order valence-corrected chi connectivity index (χ4v) is 2.49. The van der Waals surface area contributed by atoms with E-state index in [0.717, 1.165) is 23.4 Å². The van der Waals surface area contributed by atoms with E-state index in [2.05, 4.69) is 20.4 Å². The van der Waals surface area contributed by atoms with Gasteiger partial charge in [-0.1, -0.05) is 24.3 Å². The van der Waals surface area contributed by atoms with Gasteiger partial charge in [0.15, 0.2) is 5.96 Å². The topological polar surface area (TPSA) is 75.1 Å². The van der Waals surface area contributed by atoms with Crippen molar-refractivity contribution < 1.29 is 27.8 Å².